The van der Waals surface area contributed by atoms with Gasteiger partial charge >= 0.3 is 0 Å². The molecule has 1 aromatic carbocycles. The fourth-order valence-electron chi connectivity index (χ4n) is 2.50. The van der Waals surface area contributed by atoms with Crippen LogP contribution in [0.25, 0.3) is 0 Å². The monoisotopic (exact) mass is 271 g/mol. The molecule has 0 radical (unpaired) electrons. The SMILES string of the molecule is CCNC(Cc1cc(F)cc(F)c1)C1CCCS1. The molecule has 1 fully saturated rings. The molecule has 2 rings (SSSR count). The van der Waals surface area contributed by atoms with Gasteiger partial charge in [-0.3, -0.25) is 0 Å². The normalized spacial score (nSPS) is 21.2. The van der Waals surface area contributed by atoms with Crippen LogP contribution in [-0.4, -0.2) is 23.6 Å². The van der Waals surface area contributed by atoms with E-state index in [4.69, 9.17) is 0 Å². The summed E-state index contributed by atoms with van der Waals surface area (Å²) in [6, 6.07) is 4.11. The van der Waals surface area contributed by atoms with Crippen molar-refractivity contribution in [3.63, 3.8) is 0 Å². The Morgan fingerprint density at radius 1 is 1.33 bits per heavy atom. The van der Waals surface area contributed by atoms with Crippen LogP contribution in [-0.2, 0) is 6.42 Å². The third-order valence-corrected chi connectivity index (χ3v) is 4.77. The maximum atomic E-state index is 13.2. The Bertz CT molecular complexity index is 371. The van der Waals surface area contributed by atoms with Crippen LogP contribution in [0.5, 0.6) is 0 Å². The van der Waals surface area contributed by atoms with Crippen molar-refractivity contribution in [3.05, 3.63) is 35.4 Å². The first-order chi connectivity index (χ1) is 8.69. The smallest absolute Gasteiger partial charge is 0.126 e. The van der Waals surface area contributed by atoms with Gasteiger partial charge in [-0.15, -0.1) is 0 Å². The molecule has 0 bridgehead atoms. The first-order valence-corrected chi connectivity index (χ1v) is 7.54. The summed E-state index contributed by atoms with van der Waals surface area (Å²) in [5.41, 5.74) is 0.742. The predicted molar refractivity (Wildman–Crippen MR) is 73.0 cm³/mol. The number of benzene rings is 1. The lowest BCUT2D eigenvalue weighted by molar-refractivity contribution is 0.492. The summed E-state index contributed by atoms with van der Waals surface area (Å²) in [6.45, 7) is 2.96. The minimum Gasteiger partial charge on any atom is -0.313 e. The molecule has 4 heteroatoms. The lowest BCUT2D eigenvalue weighted by atomic mass is 10.0. The Morgan fingerprint density at radius 3 is 2.61 bits per heavy atom. The van der Waals surface area contributed by atoms with Gasteiger partial charge < -0.3 is 5.32 Å². The Kier molecular flexibility index (Phi) is 5.01. The highest BCUT2D eigenvalue weighted by atomic mass is 32.2. The molecule has 2 unspecified atom stereocenters. The van der Waals surface area contributed by atoms with Gasteiger partial charge in [0.25, 0.3) is 0 Å². The van der Waals surface area contributed by atoms with Crippen LogP contribution in [0.1, 0.15) is 25.3 Å². The predicted octanol–water partition coefficient (Wildman–Crippen LogP) is 3.38. The lowest BCUT2D eigenvalue weighted by Crippen LogP contribution is -2.38. The van der Waals surface area contributed by atoms with Crippen molar-refractivity contribution in [2.24, 2.45) is 0 Å². The number of rotatable bonds is 5. The Labute approximate surface area is 111 Å². The Morgan fingerprint density at radius 2 is 2.06 bits per heavy atom. The first kappa shape index (κ1) is 13.8. The maximum Gasteiger partial charge on any atom is 0.126 e. The molecular weight excluding hydrogens is 252 g/mol. The van der Waals surface area contributed by atoms with E-state index in [1.807, 2.05) is 11.8 Å². The summed E-state index contributed by atoms with van der Waals surface area (Å²) in [4.78, 5) is 0. The number of thioether (sulfide) groups is 1. The summed E-state index contributed by atoms with van der Waals surface area (Å²) >= 11 is 1.97. The second-order valence-corrected chi connectivity index (χ2v) is 6.04. The van der Waals surface area contributed by atoms with Gasteiger partial charge in [0.2, 0.25) is 0 Å². The summed E-state index contributed by atoms with van der Waals surface area (Å²) in [6.07, 6.45) is 3.13. The van der Waals surface area contributed by atoms with Crippen LogP contribution in [0.2, 0.25) is 0 Å². The minimum atomic E-state index is -0.487. The molecule has 1 nitrogen and oxygen atoms in total. The van der Waals surface area contributed by atoms with Crippen LogP contribution >= 0.6 is 11.8 Å². The van der Waals surface area contributed by atoms with Gasteiger partial charge in [-0.1, -0.05) is 6.92 Å². The molecule has 0 spiro atoms. The van der Waals surface area contributed by atoms with Gasteiger partial charge in [-0.25, -0.2) is 8.78 Å². The highest BCUT2D eigenvalue weighted by Crippen LogP contribution is 2.30. The Hall–Kier alpha value is -0.610. The number of hydrogen-bond acceptors (Lipinski definition) is 2. The Balaban J connectivity index is 2.07. The van der Waals surface area contributed by atoms with Crippen molar-refractivity contribution in [1.82, 2.24) is 5.32 Å². The zero-order chi connectivity index (χ0) is 13.0. The molecule has 1 aliphatic heterocycles. The van der Waals surface area contributed by atoms with Crippen LogP contribution < -0.4 is 5.32 Å². The van der Waals surface area contributed by atoms with Crippen molar-refractivity contribution >= 4 is 11.8 Å². The van der Waals surface area contributed by atoms with E-state index in [-0.39, 0.29) is 0 Å². The minimum absolute atomic E-state index is 0.309. The highest BCUT2D eigenvalue weighted by Gasteiger charge is 2.25. The van der Waals surface area contributed by atoms with E-state index >= 15 is 0 Å². The topological polar surface area (TPSA) is 12.0 Å². The van der Waals surface area contributed by atoms with Gasteiger partial charge in [-0.2, -0.15) is 11.8 Å². The third kappa shape index (κ3) is 3.69. The molecule has 0 aromatic heterocycles. The molecule has 2 atom stereocenters. The molecule has 1 aromatic rings. The molecule has 1 N–H and O–H groups in total. The van der Waals surface area contributed by atoms with E-state index in [9.17, 15) is 8.78 Å². The van der Waals surface area contributed by atoms with E-state index in [0.29, 0.717) is 17.7 Å². The molecule has 100 valence electrons. The van der Waals surface area contributed by atoms with Gasteiger partial charge in [0.05, 0.1) is 0 Å². The maximum absolute atomic E-state index is 13.2. The van der Waals surface area contributed by atoms with Crippen molar-refractivity contribution in [3.8, 4) is 0 Å². The van der Waals surface area contributed by atoms with Crippen LogP contribution in [0.4, 0.5) is 8.78 Å². The van der Waals surface area contributed by atoms with Crippen molar-refractivity contribution in [2.45, 2.75) is 37.5 Å². The molecule has 1 saturated heterocycles. The summed E-state index contributed by atoms with van der Waals surface area (Å²) in [7, 11) is 0. The van der Waals surface area contributed by atoms with Crippen LogP contribution in [0.3, 0.4) is 0 Å². The standard InChI is InChI=1S/C14H19F2NS/c1-2-17-13(14-4-3-5-18-14)8-10-6-11(15)9-12(16)7-10/h6-7,9,13-14,17H,2-5,8H2,1H3. The third-order valence-electron chi connectivity index (χ3n) is 3.26. The second-order valence-electron chi connectivity index (χ2n) is 4.70. The van der Waals surface area contributed by atoms with Gasteiger partial charge in [0.15, 0.2) is 0 Å². The summed E-state index contributed by atoms with van der Waals surface area (Å²) < 4.78 is 26.4. The number of hydrogen-bond donors (Lipinski definition) is 1. The fraction of sp³-hybridized carbons (Fsp3) is 0.571. The number of nitrogens with one attached hydrogen (secondary N) is 1. The van der Waals surface area contributed by atoms with Gasteiger partial charge in [0, 0.05) is 17.4 Å². The zero-order valence-corrected chi connectivity index (χ0v) is 11.4. The van der Waals surface area contributed by atoms with E-state index in [0.717, 1.165) is 18.2 Å². The first-order valence-electron chi connectivity index (χ1n) is 6.49. The molecule has 0 amide bonds. The fourth-order valence-corrected chi connectivity index (χ4v) is 3.89. The summed E-state index contributed by atoms with van der Waals surface area (Å²) in [5.74, 6) is 0.225. The molecule has 1 heterocycles. The second kappa shape index (κ2) is 6.53. The quantitative estimate of drug-likeness (QED) is 0.881. The molecule has 0 saturated carbocycles. The molecular formula is C14H19F2NS. The van der Waals surface area contributed by atoms with E-state index < -0.39 is 11.6 Å². The largest absolute Gasteiger partial charge is 0.313 e. The molecule has 0 aliphatic carbocycles. The van der Waals surface area contributed by atoms with Crippen molar-refractivity contribution in [2.75, 3.05) is 12.3 Å². The van der Waals surface area contributed by atoms with Gasteiger partial charge in [0.1, 0.15) is 11.6 Å². The average Bonchev–Trinajstić information content (AvgIpc) is 2.80. The number of likely N-dealkylation sites (N-methyl/N-ethyl adjacent to an activating group) is 1. The van der Waals surface area contributed by atoms with Gasteiger partial charge in [-0.05, 0) is 49.3 Å². The van der Waals surface area contributed by atoms with Crippen molar-refractivity contribution < 1.29 is 8.78 Å². The van der Waals surface area contributed by atoms with E-state index in [2.05, 4.69) is 12.2 Å². The highest BCUT2D eigenvalue weighted by molar-refractivity contribution is 8.00. The lowest BCUT2D eigenvalue weighted by Gasteiger charge is -2.23. The molecule has 18 heavy (non-hydrogen) atoms. The number of halogens is 2. The van der Waals surface area contributed by atoms with Crippen LogP contribution in [0.15, 0.2) is 18.2 Å². The molecule has 1 aliphatic rings. The van der Waals surface area contributed by atoms with E-state index in [1.165, 1.54) is 30.7 Å². The van der Waals surface area contributed by atoms with Crippen molar-refractivity contribution in [1.29, 1.82) is 0 Å². The van der Waals surface area contributed by atoms with Crippen LogP contribution in [0, 0.1) is 11.6 Å². The van der Waals surface area contributed by atoms with E-state index in [1.54, 1.807) is 0 Å². The summed E-state index contributed by atoms with van der Waals surface area (Å²) in [5, 5.41) is 4.01. The zero-order valence-electron chi connectivity index (χ0n) is 10.6. The average molecular weight is 271 g/mol.